The normalized spacial score (nSPS) is 10.9. The van der Waals surface area contributed by atoms with E-state index in [2.05, 4.69) is 15.1 Å². The molecule has 0 aliphatic carbocycles. The monoisotopic (exact) mass is 394 g/mol. The van der Waals surface area contributed by atoms with Crippen LogP contribution in [-0.2, 0) is 17.9 Å². The molecule has 0 saturated carbocycles. The molecule has 3 aromatic heterocycles. The fourth-order valence-electron chi connectivity index (χ4n) is 2.75. The molecule has 0 aliphatic heterocycles. The first kappa shape index (κ1) is 18.1. The van der Waals surface area contributed by atoms with Crippen molar-refractivity contribution in [2.75, 3.05) is 11.5 Å². The quantitative estimate of drug-likeness (QED) is 0.479. The number of fused-ring (bicyclic) bond motifs is 1. The van der Waals surface area contributed by atoms with E-state index in [0.29, 0.717) is 24.0 Å². The second-order valence-electron chi connectivity index (χ2n) is 5.93. The fourth-order valence-corrected chi connectivity index (χ4v) is 3.75. The predicted octanol–water partition coefficient (Wildman–Crippen LogP) is 2.91. The van der Waals surface area contributed by atoms with Gasteiger partial charge in [0.2, 0.25) is 0 Å². The summed E-state index contributed by atoms with van der Waals surface area (Å²) in [5.74, 6) is 0.567. The molecule has 8 nitrogen and oxygen atoms in total. The van der Waals surface area contributed by atoms with Crippen molar-refractivity contribution < 1.29 is 9.53 Å². The van der Waals surface area contributed by atoms with Crippen molar-refractivity contribution in [3.05, 3.63) is 60.9 Å². The Morgan fingerprint density at radius 3 is 2.93 bits per heavy atom. The van der Waals surface area contributed by atoms with E-state index < -0.39 is 0 Å². The fraction of sp³-hybridized carbons (Fsp3) is 0.211. The highest BCUT2D eigenvalue weighted by molar-refractivity contribution is 7.22. The number of thiazole rings is 1. The number of hydrogen-bond donors (Lipinski definition) is 0. The van der Waals surface area contributed by atoms with Crippen LogP contribution in [0.5, 0.6) is 5.75 Å². The zero-order valence-corrected chi connectivity index (χ0v) is 16.0. The lowest BCUT2D eigenvalue weighted by Crippen LogP contribution is -2.33. The molecular weight excluding hydrogens is 376 g/mol. The van der Waals surface area contributed by atoms with Gasteiger partial charge in [0, 0.05) is 6.20 Å². The number of anilines is 1. The molecule has 0 spiro atoms. The van der Waals surface area contributed by atoms with E-state index in [-0.39, 0.29) is 12.5 Å². The molecule has 0 N–H and O–H groups in total. The lowest BCUT2D eigenvalue weighted by Gasteiger charge is -2.19. The number of para-hydroxylation sites is 1. The summed E-state index contributed by atoms with van der Waals surface area (Å²) in [5, 5.41) is 4.62. The number of benzene rings is 1. The summed E-state index contributed by atoms with van der Waals surface area (Å²) in [6.45, 7) is 2.87. The number of amides is 1. The third-order valence-electron chi connectivity index (χ3n) is 4.01. The number of carbonyl (C=O) groups is 1. The Kier molecular flexibility index (Phi) is 5.24. The molecule has 4 aromatic rings. The van der Waals surface area contributed by atoms with Gasteiger partial charge in [-0.2, -0.15) is 5.10 Å². The average molecular weight is 394 g/mol. The van der Waals surface area contributed by atoms with Crippen LogP contribution in [0.4, 0.5) is 5.13 Å². The van der Waals surface area contributed by atoms with Gasteiger partial charge in [0.05, 0.1) is 23.5 Å². The van der Waals surface area contributed by atoms with Crippen molar-refractivity contribution in [1.82, 2.24) is 24.7 Å². The van der Waals surface area contributed by atoms with Crippen molar-refractivity contribution in [3.8, 4) is 5.75 Å². The molecule has 1 amide bonds. The minimum Gasteiger partial charge on any atom is -0.492 e. The highest BCUT2D eigenvalue weighted by Gasteiger charge is 2.22. The van der Waals surface area contributed by atoms with E-state index in [1.165, 1.54) is 28.7 Å². The van der Waals surface area contributed by atoms with Crippen LogP contribution in [0.25, 0.3) is 10.2 Å². The third kappa shape index (κ3) is 3.84. The zero-order chi connectivity index (χ0) is 19.3. The van der Waals surface area contributed by atoms with Crippen LogP contribution in [0.1, 0.15) is 12.6 Å². The van der Waals surface area contributed by atoms with Crippen LogP contribution in [0.3, 0.4) is 0 Å². The Bertz CT molecular complexity index is 1060. The maximum atomic E-state index is 13.0. The lowest BCUT2D eigenvalue weighted by molar-refractivity contribution is -0.119. The van der Waals surface area contributed by atoms with Gasteiger partial charge in [-0.1, -0.05) is 23.5 Å². The summed E-state index contributed by atoms with van der Waals surface area (Å²) in [7, 11) is 0. The number of carbonyl (C=O) groups excluding carboxylic acids is 1. The maximum Gasteiger partial charge on any atom is 0.250 e. The number of ether oxygens (including phenoxy) is 1. The summed E-state index contributed by atoms with van der Waals surface area (Å²) in [5.41, 5.74) is 1.53. The van der Waals surface area contributed by atoms with Crippen LogP contribution in [0.2, 0.25) is 0 Å². The minimum absolute atomic E-state index is 0.0705. The molecule has 0 radical (unpaired) electrons. The first-order valence-electron chi connectivity index (χ1n) is 8.79. The largest absolute Gasteiger partial charge is 0.492 e. The summed E-state index contributed by atoms with van der Waals surface area (Å²) in [4.78, 5) is 27.6. The minimum atomic E-state index is -0.145. The second kappa shape index (κ2) is 8.13. The lowest BCUT2D eigenvalue weighted by atomic mass is 10.3. The Labute approximate surface area is 165 Å². The molecule has 9 heteroatoms. The third-order valence-corrected chi connectivity index (χ3v) is 5.06. The Balaban J connectivity index is 1.70. The van der Waals surface area contributed by atoms with Gasteiger partial charge in [0.25, 0.3) is 5.91 Å². The van der Waals surface area contributed by atoms with Crippen molar-refractivity contribution >= 4 is 32.6 Å². The molecule has 3 heterocycles. The molecule has 0 aliphatic rings. The number of nitrogens with zero attached hydrogens (tertiary/aromatic N) is 6. The number of rotatable bonds is 7. The molecule has 0 atom stereocenters. The van der Waals surface area contributed by atoms with Gasteiger partial charge in [-0.05, 0) is 31.2 Å². The van der Waals surface area contributed by atoms with E-state index in [1.807, 2.05) is 43.3 Å². The maximum absolute atomic E-state index is 13.0. The second-order valence-corrected chi connectivity index (χ2v) is 6.94. The molecule has 142 valence electrons. The molecule has 28 heavy (non-hydrogen) atoms. The standard InChI is InChI=1S/C19H18N6O2S/c1-2-27-15-7-5-8-16-18(15)23-19(28-16)25(10-14-6-3-4-9-21-14)17(26)11-24-13-20-12-22-24/h3-9,12-13H,2,10-11H2,1H3. The van der Waals surface area contributed by atoms with E-state index in [1.54, 1.807) is 11.1 Å². The van der Waals surface area contributed by atoms with E-state index in [0.717, 1.165) is 15.9 Å². The smallest absolute Gasteiger partial charge is 0.250 e. The van der Waals surface area contributed by atoms with Gasteiger partial charge in [0.15, 0.2) is 5.13 Å². The molecule has 0 bridgehead atoms. The summed E-state index contributed by atoms with van der Waals surface area (Å²) < 4.78 is 8.13. The van der Waals surface area contributed by atoms with Gasteiger partial charge in [0.1, 0.15) is 30.5 Å². The topological polar surface area (TPSA) is 86.0 Å². The Hall–Kier alpha value is -3.33. The zero-order valence-electron chi connectivity index (χ0n) is 15.2. The van der Waals surface area contributed by atoms with Gasteiger partial charge in [-0.3, -0.25) is 14.7 Å². The van der Waals surface area contributed by atoms with Gasteiger partial charge < -0.3 is 4.74 Å². The molecular formula is C19H18N6O2S. The Morgan fingerprint density at radius 1 is 1.25 bits per heavy atom. The van der Waals surface area contributed by atoms with Crippen molar-refractivity contribution in [1.29, 1.82) is 0 Å². The molecule has 0 saturated heterocycles. The highest BCUT2D eigenvalue weighted by atomic mass is 32.1. The first-order chi connectivity index (χ1) is 13.7. The van der Waals surface area contributed by atoms with Crippen LogP contribution >= 0.6 is 11.3 Å². The predicted molar refractivity (Wildman–Crippen MR) is 106 cm³/mol. The van der Waals surface area contributed by atoms with E-state index in [4.69, 9.17) is 9.72 Å². The molecule has 0 fully saturated rings. The van der Waals surface area contributed by atoms with Crippen LogP contribution in [-0.4, -0.2) is 37.2 Å². The van der Waals surface area contributed by atoms with E-state index >= 15 is 0 Å². The summed E-state index contributed by atoms with van der Waals surface area (Å²) in [6.07, 6.45) is 4.63. The number of aromatic nitrogens is 5. The molecule has 4 rings (SSSR count). The van der Waals surface area contributed by atoms with Crippen LogP contribution in [0.15, 0.2) is 55.2 Å². The van der Waals surface area contributed by atoms with Crippen molar-refractivity contribution in [2.45, 2.75) is 20.0 Å². The van der Waals surface area contributed by atoms with Gasteiger partial charge in [-0.15, -0.1) is 0 Å². The first-order valence-corrected chi connectivity index (χ1v) is 9.61. The average Bonchev–Trinajstić information content (AvgIpc) is 3.37. The van der Waals surface area contributed by atoms with Crippen molar-refractivity contribution in [3.63, 3.8) is 0 Å². The van der Waals surface area contributed by atoms with Crippen LogP contribution in [0, 0.1) is 0 Å². The number of hydrogen-bond acceptors (Lipinski definition) is 7. The highest BCUT2D eigenvalue weighted by Crippen LogP contribution is 2.34. The van der Waals surface area contributed by atoms with E-state index in [9.17, 15) is 4.79 Å². The molecule has 0 unspecified atom stereocenters. The van der Waals surface area contributed by atoms with Gasteiger partial charge in [-0.25, -0.2) is 14.6 Å². The SMILES string of the molecule is CCOc1cccc2sc(N(Cc3ccccn3)C(=O)Cn3cncn3)nc12. The molecule has 1 aromatic carbocycles. The van der Waals surface area contributed by atoms with Crippen LogP contribution < -0.4 is 9.64 Å². The van der Waals surface area contributed by atoms with Crippen molar-refractivity contribution in [2.24, 2.45) is 0 Å². The Morgan fingerprint density at radius 2 is 2.18 bits per heavy atom. The summed E-state index contributed by atoms with van der Waals surface area (Å²) >= 11 is 1.45. The van der Waals surface area contributed by atoms with Gasteiger partial charge >= 0.3 is 0 Å². The summed E-state index contributed by atoms with van der Waals surface area (Å²) in [6, 6.07) is 11.4. The number of pyridine rings is 1.